The van der Waals surface area contributed by atoms with Crippen LogP contribution < -0.4 is 0 Å². The lowest BCUT2D eigenvalue weighted by molar-refractivity contribution is 0.289. The summed E-state index contributed by atoms with van der Waals surface area (Å²) in [5.74, 6) is 0.976. The van der Waals surface area contributed by atoms with E-state index in [-0.39, 0.29) is 5.92 Å². The van der Waals surface area contributed by atoms with Crippen LogP contribution in [0.25, 0.3) is 11.3 Å². The van der Waals surface area contributed by atoms with Gasteiger partial charge in [-0.05, 0) is 18.4 Å². The average Bonchev–Trinajstić information content (AvgIpc) is 3.12. The highest BCUT2D eigenvalue weighted by molar-refractivity contribution is 7.86. The van der Waals surface area contributed by atoms with Gasteiger partial charge in [-0.1, -0.05) is 37.3 Å². The molecule has 0 saturated carbocycles. The van der Waals surface area contributed by atoms with Gasteiger partial charge in [-0.3, -0.25) is 0 Å². The van der Waals surface area contributed by atoms with Crippen LogP contribution >= 0.6 is 0 Å². The maximum Gasteiger partial charge on any atom is 0.281 e. The van der Waals surface area contributed by atoms with Crippen LogP contribution in [0.15, 0.2) is 36.5 Å². The predicted octanol–water partition coefficient (Wildman–Crippen LogP) is 2.45. The third-order valence-corrected chi connectivity index (χ3v) is 6.65. The molecule has 0 aliphatic carbocycles. The van der Waals surface area contributed by atoms with E-state index in [2.05, 4.69) is 9.97 Å². The molecule has 1 atom stereocenters. The minimum Gasteiger partial charge on any atom is -0.342 e. The third kappa shape index (κ3) is 3.38. The smallest absolute Gasteiger partial charge is 0.281 e. The van der Waals surface area contributed by atoms with Crippen molar-refractivity contribution >= 4 is 10.2 Å². The fourth-order valence-electron chi connectivity index (χ4n) is 3.04. The first kappa shape index (κ1) is 17.1. The second-order valence-corrected chi connectivity index (χ2v) is 8.20. The highest BCUT2D eigenvalue weighted by Crippen LogP contribution is 2.28. The third-order valence-electron chi connectivity index (χ3n) is 4.62. The van der Waals surface area contributed by atoms with E-state index in [0.717, 1.165) is 29.9 Å². The van der Waals surface area contributed by atoms with E-state index in [1.54, 1.807) is 11.4 Å². The summed E-state index contributed by atoms with van der Waals surface area (Å²) >= 11 is 0. The zero-order valence-corrected chi connectivity index (χ0v) is 15.0. The largest absolute Gasteiger partial charge is 0.342 e. The maximum absolute atomic E-state index is 12.5. The molecule has 0 radical (unpaired) electrons. The quantitative estimate of drug-likeness (QED) is 0.902. The summed E-state index contributed by atoms with van der Waals surface area (Å²) in [6.07, 6.45) is 3.63. The summed E-state index contributed by atoms with van der Waals surface area (Å²) in [6.45, 7) is 3.38. The SMILES string of the molecule is CCN(C)S(=O)(=O)N1CCC[C@H](c2ncc(-c3ccccc3)[nH]2)C1. The number of nitrogens with zero attached hydrogens (tertiary/aromatic N) is 3. The van der Waals surface area contributed by atoms with Crippen LogP contribution in [0.4, 0.5) is 0 Å². The lowest BCUT2D eigenvalue weighted by Gasteiger charge is -2.33. The number of imidazole rings is 1. The van der Waals surface area contributed by atoms with E-state index >= 15 is 0 Å². The second-order valence-electron chi connectivity index (χ2n) is 6.17. The van der Waals surface area contributed by atoms with Gasteiger partial charge in [-0.2, -0.15) is 17.0 Å². The van der Waals surface area contributed by atoms with Crippen LogP contribution in [0.3, 0.4) is 0 Å². The Kier molecular flexibility index (Phi) is 5.03. The number of aromatic amines is 1. The van der Waals surface area contributed by atoms with Gasteiger partial charge in [0.25, 0.3) is 10.2 Å². The Labute approximate surface area is 143 Å². The van der Waals surface area contributed by atoms with Crippen LogP contribution in [0.1, 0.15) is 31.5 Å². The molecule has 7 heteroatoms. The summed E-state index contributed by atoms with van der Waals surface area (Å²) in [5.41, 5.74) is 2.05. The Morgan fingerprint density at radius 2 is 2.08 bits per heavy atom. The molecular weight excluding hydrogens is 324 g/mol. The van der Waals surface area contributed by atoms with Crippen molar-refractivity contribution in [2.75, 3.05) is 26.7 Å². The minimum absolute atomic E-state index is 0.108. The van der Waals surface area contributed by atoms with Crippen molar-refractivity contribution in [1.82, 2.24) is 18.6 Å². The molecule has 0 amide bonds. The Hall–Kier alpha value is -1.70. The molecule has 0 spiro atoms. The number of piperidine rings is 1. The molecule has 6 nitrogen and oxygen atoms in total. The van der Waals surface area contributed by atoms with Crippen molar-refractivity contribution in [3.8, 4) is 11.3 Å². The van der Waals surface area contributed by atoms with Gasteiger partial charge in [-0.15, -0.1) is 0 Å². The van der Waals surface area contributed by atoms with Crippen molar-refractivity contribution in [1.29, 1.82) is 0 Å². The van der Waals surface area contributed by atoms with E-state index in [1.165, 1.54) is 4.31 Å². The zero-order valence-electron chi connectivity index (χ0n) is 14.1. The normalized spacial score (nSPS) is 19.7. The fourth-order valence-corrected chi connectivity index (χ4v) is 4.49. The van der Waals surface area contributed by atoms with E-state index in [4.69, 9.17) is 0 Å². The van der Waals surface area contributed by atoms with Gasteiger partial charge in [0.05, 0.1) is 11.9 Å². The molecule has 130 valence electrons. The van der Waals surface area contributed by atoms with Crippen LogP contribution in [0.2, 0.25) is 0 Å². The molecular formula is C17H24N4O2S. The van der Waals surface area contributed by atoms with Gasteiger partial charge in [0.1, 0.15) is 5.82 Å². The van der Waals surface area contributed by atoms with Gasteiger partial charge in [0, 0.05) is 32.6 Å². The van der Waals surface area contributed by atoms with Crippen LogP contribution in [-0.4, -0.2) is 53.7 Å². The van der Waals surface area contributed by atoms with Gasteiger partial charge >= 0.3 is 0 Å². The van der Waals surface area contributed by atoms with E-state index in [1.807, 2.05) is 43.5 Å². The Bertz CT molecular complexity index is 773. The standard InChI is InChI=1S/C17H24N4O2S/c1-3-20(2)24(22,23)21-11-7-10-15(13-21)17-18-12-16(19-17)14-8-5-4-6-9-14/h4-6,8-9,12,15H,3,7,10-11,13H2,1-2H3,(H,18,19)/t15-/m0/s1. The average molecular weight is 348 g/mol. The fraction of sp³-hybridized carbons (Fsp3) is 0.471. The first-order valence-electron chi connectivity index (χ1n) is 8.34. The number of hydrogen-bond acceptors (Lipinski definition) is 3. The molecule has 1 fully saturated rings. The summed E-state index contributed by atoms with van der Waals surface area (Å²) in [4.78, 5) is 7.88. The van der Waals surface area contributed by atoms with Gasteiger partial charge in [0.2, 0.25) is 0 Å². The van der Waals surface area contributed by atoms with E-state index in [0.29, 0.717) is 19.6 Å². The lowest BCUT2D eigenvalue weighted by atomic mass is 9.99. The molecule has 24 heavy (non-hydrogen) atoms. The second kappa shape index (κ2) is 7.04. The van der Waals surface area contributed by atoms with Crippen LogP contribution in [0, 0.1) is 0 Å². The molecule has 1 N–H and O–H groups in total. The predicted molar refractivity (Wildman–Crippen MR) is 94.8 cm³/mol. The summed E-state index contributed by atoms with van der Waals surface area (Å²) in [5, 5.41) is 0. The molecule has 2 heterocycles. The summed E-state index contributed by atoms with van der Waals surface area (Å²) in [6, 6.07) is 10.0. The molecule has 3 rings (SSSR count). The Balaban J connectivity index is 1.77. The van der Waals surface area contributed by atoms with Crippen LogP contribution in [0.5, 0.6) is 0 Å². The Morgan fingerprint density at radius 1 is 1.33 bits per heavy atom. The molecule has 0 bridgehead atoms. The molecule has 1 aromatic carbocycles. The molecule has 0 unspecified atom stereocenters. The first-order valence-corrected chi connectivity index (χ1v) is 9.73. The number of hydrogen-bond donors (Lipinski definition) is 1. The number of H-pyrrole nitrogens is 1. The monoisotopic (exact) mass is 348 g/mol. The van der Waals surface area contributed by atoms with Gasteiger partial charge in [0.15, 0.2) is 0 Å². The number of rotatable bonds is 5. The summed E-state index contributed by atoms with van der Waals surface area (Å²) in [7, 11) is -1.75. The topological polar surface area (TPSA) is 69.3 Å². The highest BCUT2D eigenvalue weighted by atomic mass is 32.2. The number of benzene rings is 1. The zero-order chi connectivity index (χ0) is 17.2. The molecule has 2 aromatic rings. The minimum atomic E-state index is -3.37. The maximum atomic E-state index is 12.5. The number of aromatic nitrogens is 2. The first-order chi connectivity index (χ1) is 11.5. The summed E-state index contributed by atoms with van der Waals surface area (Å²) < 4.78 is 28.1. The lowest BCUT2D eigenvalue weighted by Crippen LogP contribution is -2.46. The Morgan fingerprint density at radius 3 is 2.79 bits per heavy atom. The van der Waals surface area contributed by atoms with Crippen molar-refractivity contribution in [2.24, 2.45) is 0 Å². The molecule has 1 saturated heterocycles. The van der Waals surface area contributed by atoms with Crippen molar-refractivity contribution in [2.45, 2.75) is 25.7 Å². The van der Waals surface area contributed by atoms with E-state index < -0.39 is 10.2 Å². The number of nitrogens with one attached hydrogen (secondary N) is 1. The highest BCUT2D eigenvalue weighted by Gasteiger charge is 2.32. The van der Waals surface area contributed by atoms with Crippen molar-refractivity contribution in [3.63, 3.8) is 0 Å². The molecule has 1 aliphatic heterocycles. The molecule has 1 aromatic heterocycles. The van der Waals surface area contributed by atoms with Crippen molar-refractivity contribution in [3.05, 3.63) is 42.4 Å². The van der Waals surface area contributed by atoms with Crippen LogP contribution in [-0.2, 0) is 10.2 Å². The van der Waals surface area contributed by atoms with Gasteiger partial charge < -0.3 is 4.98 Å². The van der Waals surface area contributed by atoms with Gasteiger partial charge in [-0.25, -0.2) is 4.98 Å². The van der Waals surface area contributed by atoms with E-state index in [9.17, 15) is 8.42 Å². The van der Waals surface area contributed by atoms with Crippen molar-refractivity contribution < 1.29 is 8.42 Å². The molecule has 1 aliphatic rings.